The van der Waals surface area contributed by atoms with E-state index in [0.29, 0.717) is 41.7 Å². The van der Waals surface area contributed by atoms with Crippen LogP contribution in [0.5, 0.6) is 5.75 Å². The topological polar surface area (TPSA) is 26.3 Å². The largest absolute Gasteiger partial charge is 0.493 e. The zero-order valence-corrected chi connectivity index (χ0v) is 11.6. The number of hydrogen-bond acceptors (Lipinski definition) is 2. The number of alkyl halides is 1. The van der Waals surface area contributed by atoms with Gasteiger partial charge < -0.3 is 4.74 Å². The Morgan fingerprint density at radius 3 is 2.71 bits per heavy atom. The summed E-state index contributed by atoms with van der Waals surface area (Å²) in [7, 11) is 0. The van der Waals surface area contributed by atoms with Crippen molar-refractivity contribution in [2.75, 3.05) is 12.5 Å². The SMILES string of the molecule is CCOc1cc(C)c(Cl)cc1C(=O)CCCCl. The van der Waals surface area contributed by atoms with Crippen molar-refractivity contribution in [2.45, 2.75) is 26.7 Å². The van der Waals surface area contributed by atoms with Gasteiger partial charge in [-0.1, -0.05) is 11.6 Å². The number of carbonyl (C=O) groups is 1. The van der Waals surface area contributed by atoms with E-state index < -0.39 is 0 Å². The molecule has 2 nitrogen and oxygen atoms in total. The van der Waals surface area contributed by atoms with E-state index in [9.17, 15) is 4.79 Å². The smallest absolute Gasteiger partial charge is 0.166 e. The molecule has 0 unspecified atom stereocenters. The van der Waals surface area contributed by atoms with Crippen LogP contribution < -0.4 is 4.74 Å². The van der Waals surface area contributed by atoms with Crippen molar-refractivity contribution in [3.8, 4) is 5.75 Å². The lowest BCUT2D eigenvalue weighted by atomic mass is 10.0. The number of ether oxygens (including phenoxy) is 1. The predicted molar refractivity (Wildman–Crippen MR) is 71.6 cm³/mol. The minimum atomic E-state index is 0.0241. The van der Waals surface area contributed by atoms with Crippen molar-refractivity contribution in [1.29, 1.82) is 0 Å². The van der Waals surface area contributed by atoms with Crippen molar-refractivity contribution < 1.29 is 9.53 Å². The zero-order chi connectivity index (χ0) is 12.8. The Kier molecular flexibility index (Phi) is 5.79. The molecule has 1 rings (SSSR count). The Balaban J connectivity index is 3.02. The minimum Gasteiger partial charge on any atom is -0.493 e. The third kappa shape index (κ3) is 3.90. The number of benzene rings is 1. The summed E-state index contributed by atoms with van der Waals surface area (Å²) in [6.45, 7) is 4.30. The fourth-order valence-corrected chi connectivity index (χ4v) is 1.81. The first-order valence-corrected chi connectivity index (χ1v) is 6.53. The molecule has 4 heteroatoms. The summed E-state index contributed by atoms with van der Waals surface area (Å²) in [6, 6.07) is 3.48. The molecule has 0 amide bonds. The highest BCUT2D eigenvalue weighted by molar-refractivity contribution is 6.31. The van der Waals surface area contributed by atoms with Gasteiger partial charge in [-0.15, -0.1) is 11.6 Å². The highest BCUT2D eigenvalue weighted by Gasteiger charge is 2.14. The standard InChI is InChI=1S/C13H16Cl2O2/c1-3-17-13-7-9(2)11(15)8-10(13)12(16)5-4-6-14/h7-8H,3-6H2,1-2H3. The molecule has 94 valence electrons. The van der Waals surface area contributed by atoms with Crippen LogP contribution in [0.1, 0.15) is 35.7 Å². The fraction of sp³-hybridized carbons (Fsp3) is 0.462. The van der Waals surface area contributed by atoms with Crippen molar-refractivity contribution in [3.63, 3.8) is 0 Å². The fourth-order valence-electron chi connectivity index (χ4n) is 1.51. The minimum absolute atomic E-state index is 0.0241. The average molecular weight is 275 g/mol. The summed E-state index contributed by atoms with van der Waals surface area (Å²) in [5.41, 5.74) is 1.46. The second-order valence-corrected chi connectivity index (χ2v) is 4.53. The molecule has 0 heterocycles. The van der Waals surface area contributed by atoms with E-state index in [4.69, 9.17) is 27.9 Å². The summed E-state index contributed by atoms with van der Waals surface area (Å²) in [5, 5.41) is 0.586. The third-order valence-electron chi connectivity index (χ3n) is 2.40. The summed E-state index contributed by atoms with van der Waals surface area (Å²) in [6.07, 6.45) is 1.08. The van der Waals surface area contributed by atoms with Crippen LogP contribution in [0.15, 0.2) is 12.1 Å². The van der Waals surface area contributed by atoms with Gasteiger partial charge in [0.05, 0.1) is 12.2 Å². The van der Waals surface area contributed by atoms with E-state index in [1.165, 1.54) is 0 Å². The second kappa shape index (κ2) is 6.87. The first-order valence-electron chi connectivity index (χ1n) is 5.62. The van der Waals surface area contributed by atoms with Gasteiger partial charge in [0.15, 0.2) is 5.78 Å². The van der Waals surface area contributed by atoms with E-state index in [1.807, 2.05) is 13.8 Å². The highest BCUT2D eigenvalue weighted by atomic mass is 35.5. The van der Waals surface area contributed by atoms with Gasteiger partial charge in [-0.05, 0) is 38.0 Å². The molecule has 0 radical (unpaired) electrons. The lowest BCUT2D eigenvalue weighted by Gasteiger charge is -2.11. The molecule has 0 atom stereocenters. The van der Waals surface area contributed by atoms with Crippen LogP contribution in [0.4, 0.5) is 0 Å². The van der Waals surface area contributed by atoms with Gasteiger partial charge in [0.25, 0.3) is 0 Å². The maximum atomic E-state index is 12.0. The Morgan fingerprint density at radius 1 is 1.41 bits per heavy atom. The van der Waals surface area contributed by atoms with Crippen molar-refractivity contribution in [3.05, 3.63) is 28.3 Å². The maximum absolute atomic E-state index is 12.0. The first-order chi connectivity index (χ1) is 8.10. The van der Waals surface area contributed by atoms with E-state index in [1.54, 1.807) is 12.1 Å². The molecular formula is C13H16Cl2O2. The maximum Gasteiger partial charge on any atom is 0.166 e. The molecule has 0 aromatic heterocycles. The van der Waals surface area contributed by atoms with Gasteiger partial charge in [0.2, 0.25) is 0 Å². The molecule has 0 aliphatic heterocycles. The summed E-state index contributed by atoms with van der Waals surface area (Å²) >= 11 is 11.6. The summed E-state index contributed by atoms with van der Waals surface area (Å²) in [4.78, 5) is 12.0. The quantitative estimate of drug-likeness (QED) is 0.573. The van der Waals surface area contributed by atoms with Crippen LogP contribution in [0.2, 0.25) is 5.02 Å². The van der Waals surface area contributed by atoms with Crippen molar-refractivity contribution in [2.24, 2.45) is 0 Å². The number of ketones is 1. The number of hydrogen-bond donors (Lipinski definition) is 0. The summed E-state index contributed by atoms with van der Waals surface area (Å²) in [5.74, 6) is 1.11. The van der Waals surface area contributed by atoms with Gasteiger partial charge in [-0.25, -0.2) is 0 Å². The second-order valence-electron chi connectivity index (χ2n) is 3.75. The van der Waals surface area contributed by atoms with Crippen LogP contribution in [0.25, 0.3) is 0 Å². The van der Waals surface area contributed by atoms with Crippen LogP contribution >= 0.6 is 23.2 Å². The van der Waals surface area contributed by atoms with E-state index >= 15 is 0 Å². The monoisotopic (exact) mass is 274 g/mol. The van der Waals surface area contributed by atoms with Crippen LogP contribution in [0, 0.1) is 6.92 Å². The predicted octanol–water partition coefficient (Wildman–Crippen LogP) is 4.25. The van der Waals surface area contributed by atoms with Gasteiger partial charge in [-0.2, -0.15) is 0 Å². The molecule has 17 heavy (non-hydrogen) atoms. The number of halogens is 2. The highest BCUT2D eigenvalue weighted by Crippen LogP contribution is 2.28. The molecule has 0 saturated carbocycles. The Morgan fingerprint density at radius 2 is 2.12 bits per heavy atom. The van der Waals surface area contributed by atoms with Crippen LogP contribution in [0.3, 0.4) is 0 Å². The molecule has 0 aliphatic carbocycles. The Hall–Kier alpha value is -0.730. The molecule has 0 spiro atoms. The molecular weight excluding hydrogens is 259 g/mol. The number of rotatable bonds is 6. The summed E-state index contributed by atoms with van der Waals surface area (Å²) < 4.78 is 5.46. The molecule has 0 bridgehead atoms. The van der Waals surface area contributed by atoms with E-state index in [-0.39, 0.29) is 5.78 Å². The van der Waals surface area contributed by atoms with Gasteiger partial charge in [-0.3, -0.25) is 4.79 Å². The third-order valence-corrected chi connectivity index (χ3v) is 3.07. The Labute approximate surface area is 112 Å². The molecule has 0 fully saturated rings. The van der Waals surface area contributed by atoms with Crippen molar-refractivity contribution in [1.82, 2.24) is 0 Å². The van der Waals surface area contributed by atoms with E-state index in [2.05, 4.69) is 0 Å². The number of Topliss-reactive ketones (excluding diaryl/α,β-unsaturated/α-hetero) is 1. The van der Waals surface area contributed by atoms with Gasteiger partial charge in [0, 0.05) is 17.3 Å². The molecule has 0 saturated heterocycles. The molecule has 0 aliphatic rings. The lowest BCUT2D eigenvalue weighted by molar-refractivity contribution is 0.0978. The van der Waals surface area contributed by atoms with Crippen LogP contribution in [-0.2, 0) is 0 Å². The molecule has 0 N–H and O–H groups in total. The van der Waals surface area contributed by atoms with Crippen molar-refractivity contribution >= 4 is 29.0 Å². The molecule has 1 aromatic carbocycles. The molecule has 1 aromatic rings. The number of aryl methyl sites for hydroxylation is 1. The van der Waals surface area contributed by atoms with Crippen LogP contribution in [-0.4, -0.2) is 18.3 Å². The number of carbonyl (C=O) groups excluding carboxylic acids is 1. The Bertz CT molecular complexity index is 403. The normalized spacial score (nSPS) is 10.4. The van der Waals surface area contributed by atoms with E-state index in [0.717, 1.165) is 5.56 Å². The van der Waals surface area contributed by atoms with Gasteiger partial charge >= 0.3 is 0 Å². The van der Waals surface area contributed by atoms with Gasteiger partial charge in [0.1, 0.15) is 5.75 Å². The lowest BCUT2D eigenvalue weighted by Crippen LogP contribution is -2.05. The zero-order valence-electron chi connectivity index (χ0n) is 10.1. The average Bonchev–Trinajstić information content (AvgIpc) is 2.30. The first kappa shape index (κ1) is 14.3.